The SMILES string of the molecule is CNC/C(=C\N)c1ccncc1/C=C/C(=O)Nc1ccc(CN2CCOCC2)c(C)c1. The van der Waals surface area contributed by atoms with Gasteiger partial charge >= 0.3 is 0 Å². The molecule has 1 aromatic heterocycles. The van der Waals surface area contributed by atoms with Gasteiger partial charge in [0.15, 0.2) is 0 Å². The number of carbonyl (C=O) groups excluding carboxylic acids is 1. The van der Waals surface area contributed by atoms with Crippen LogP contribution in [0.3, 0.4) is 0 Å². The van der Waals surface area contributed by atoms with Crippen LogP contribution in [0.15, 0.2) is 48.9 Å². The zero-order valence-corrected chi connectivity index (χ0v) is 18.2. The Hall–Kier alpha value is -3.00. The number of nitrogens with zero attached hydrogens (tertiary/aromatic N) is 2. The minimum Gasteiger partial charge on any atom is -0.404 e. The second kappa shape index (κ2) is 11.4. The molecule has 2 heterocycles. The lowest BCUT2D eigenvalue weighted by Crippen LogP contribution is -2.35. The minimum atomic E-state index is -0.193. The molecule has 3 rings (SSSR count). The van der Waals surface area contributed by atoms with Crippen LogP contribution in [-0.4, -0.2) is 55.7 Å². The number of benzene rings is 1. The molecule has 4 N–H and O–H groups in total. The molecule has 1 saturated heterocycles. The summed E-state index contributed by atoms with van der Waals surface area (Å²) < 4.78 is 5.41. The number of amides is 1. The van der Waals surface area contributed by atoms with Gasteiger partial charge in [-0.05, 0) is 66.7 Å². The van der Waals surface area contributed by atoms with Gasteiger partial charge in [-0.2, -0.15) is 0 Å². The highest BCUT2D eigenvalue weighted by atomic mass is 16.5. The summed E-state index contributed by atoms with van der Waals surface area (Å²) in [5.41, 5.74) is 11.7. The maximum atomic E-state index is 12.5. The van der Waals surface area contributed by atoms with Crippen LogP contribution < -0.4 is 16.4 Å². The predicted molar refractivity (Wildman–Crippen MR) is 125 cm³/mol. The van der Waals surface area contributed by atoms with Crippen LogP contribution in [0.5, 0.6) is 0 Å². The Balaban J connectivity index is 1.64. The van der Waals surface area contributed by atoms with Crippen molar-refractivity contribution in [2.75, 3.05) is 45.2 Å². The molecule has 1 aliphatic rings. The highest BCUT2D eigenvalue weighted by molar-refractivity contribution is 6.02. The summed E-state index contributed by atoms with van der Waals surface area (Å²) in [7, 11) is 1.86. The quantitative estimate of drug-likeness (QED) is 0.567. The smallest absolute Gasteiger partial charge is 0.248 e. The number of ether oxygens (including phenoxy) is 1. The number of aromatic nitrogens is 1. The molecule has 31 heavy (non-hydrogen) atoms. The van der Waals surface area contributed by atoms with E-state index in [2.05, 4.69) is 33.5 Å². The van der Waals surface area contributed by atoms with Crippen molar-refractivity contribution >= 4 is 23.2 Å². The highest BCUT2D eigenvalue weighted by Gasteiger charge is 2.12. The molecule has 0 atom stereocenters. The molecule has 164 valence electrons. The molecule has 7 heteroatoms. The summed E-state index contributed by atoms with van der Waals surface area (Å²) in [6, 6.07) is 7.94. The molecule has 1 amide bonds. The van der Waals surface area contributed by atoms with Crippen LogP contribution in [0.1, 0.15) is 22.3 Å². The van der Waals surface area contributed by atoms with E-state index in [1.807, 2.05) is 25.2 Å². The molecule has 0 bridgehead atoms. The van der Waals surface area contributed by atoms with Crippen molar-refractivity contribution in [3.8, 4) is 0 Å². The minimum absolute atomic E-state index is 0.193. The van der Waals surface area contributed by atoms with Gasteiger partial charge in [-0.25, -0.2) is 0 Å². The molecular weight excluding hydrogens is 390 g/mol. The third kappa shape index (κ3) is 6.49. The maximum Gasteiger partial charge on any atom is 0.248 e. The van der Waals surface area contributed by atoms with Gasteiger partial charge in [0.25, 0.3) is 0 Å². The summed E-state index contributed by atoms with van der Waals surface area (Å²) in [6.07, 6.45) is 8.29. The third-order valence-corrected chi connectivity index (χ3v) is 5.29. The number of rotatable bonds is 8. The summed E-state index contributed by atoms with van der Waals surface area (Å²) in [5.74, 6) is -0.193. The first kappa shape index (κ1) is 22.7. The van der Waals surface area contributed by atoms with E-state index in [9.17, 15) is 4.79 Å². The largest absolute Gasteiger partial charge is 0.404 e. The number of aryl methyl sites for hydroxylation is 1. The number of pyridine rings is 1. The van der Waals surface area contributed by atoms with Crippen LogP contribution in [0, 0.1) is 6.92 Å². The van der Waals surface area contributed by atoms with Gasteiger partial charge < -0.3 is 21.1 Å². The van der Waals surface area contributed by atoms with E-state index in [0.717, 1.165) is 60.8 Å². The monoisotopic (exact) mass is 421 g/mol. The third-order valence-electron chi connectivity index (χ3n) is 5.29. The first-order valence-electron chi connectivity index (χ1n) is 10.5. The Morgan fingerprint density at radius 3 is 2.81 bits per heavy atom. The lowest BCUT2D eigenvalue weighted by Gasteiger charge is -2.27. The van der Waals surface area contributed by atoms with Crippen molar-refractivity contribution < 1.29 is 9.53 Å². The molecule has 0 aliphatic carbocycles. The van der Waals surface area contributed by atoms with Crippen LogP contribution in [-0.2, 0) is 16.1 Å². The fourth-order valence-corrected chi connectivity index (χ4v) is 3.57. The van der Waals surface area contributed by atoms with Crippen LogP contribution in [0.4, 0.5) is 5.69 Å². The molecule has 1 fully saturated rings. The Labute approximate surface area is 184 Å². The van der Waals surface area contributed by atoms with Crippen molar-refractivity contribution in [1.82, 2.24) is 15.2 Å². The lowest BCUT2D eigenvalue weighted by molar-refractivity contribution is -0.111. The Kier molecular flexibility index (Phi) is 8.35. The molecule has 0 spiro atoms. The van der Waals surface area contributed by atoms with Gasteiger partial charge in [-0.1, -0.05) is 6.07 Å². The second-order valence-electron chi connectivity index (χ2n) is 7.54. The Morgan fingerprint density at radius 2 is 2.10 bits per heavy atom. The zero-order chi connectivity index (χ0) is 22.1. The highest BCUT2D eigenvalue weighted by Crippen LogP contribution is 2.20. The number of nitrogens with two attached hydrogens (primary N) is 1. The van der Waals surface area contributed by atoms with Crippen LogP contribution in [0.25, 0.3) is 11.6 Å². The van der Waals surface area contributed by atoms with Crippen molar-refractivity contribution in [2.24, 2.45) is 5.73 Å². The number of carbonyl (C=O) groups is 1. The Morgan fingerprint density at radius 1 is 1.29 bits per heavy atom. The summed E-state index contributed by atoms with van der Waals surface area (Å²) in [4.78, 5) is 19.0. The van der Waals surface area contributed by atoms with E-state index in [1.165, 1.54) is 11.6 Å². The molecule has 0 saturated carbocycles. The van der Waals surface area contributed by atoms with Crippen molar-refractivity contribution in [2.45, 2.75) is 13.5 Å². The molecule has 1 aliphatic heterocycles. The number of hydrogen-bond donors (Lipinski definition) is 3. The Bertz CT molecular complexity index is 949. The van der Waals surface area contributed by atoms with Crippen molar-refractivity contribution in [1.29, 1.82) is 0 Å². The summed E-state index contributed by atoms with van der Waals surface area (Å²) in [6.45, 7) is 7.08. The number of nitrogens with one attached hydrogen (secondary N) is 2. The molecule has 0 radical (unpaired) electrons. The average Bonchev–Trinajstić information content (AvgIpc) is 2.79. The fourth-order valence-electron chi connectivity index (χ4n) is 3.57. The first-order valence-corrected chi connectivity index (χ1v) is 10.5. The number of anilines is 1. The van der Waals surface area contributed by atoms with E-state index < -0.39 is 0 Å². The van der Waals surface area contributed by atoms with Crippen LogP contribution >= 0.6 is 0 Å². The molecule has 0 unspecified atom stereocenters. The van der Waals surface area contributed by atoms with Gasteiger partial charge in [0.1, 0.15) is 0 Å². The number of morpholine rings is 1. The second-order valence-corrected chi connectivity index (χ2v) is 7.54. The normalized spacial score (nSPS) is 15.4. The topological polar surface area (TPSA) is 92.5 Å². The predicted octanol–water partition coefficient (Wildman–Crippen LogP) is 2.39. The van der Waals surface area contributed by atoms with Gasteiger partial charge in [0.2, 0.25) is 5.91 Å². The first-order chi connectivity index (χ1) is 15.1. The van der Waals surface area contributed by atoms with Gasteiger partial charge in [0.05, 0.1) is 13.2 Å². The van der Waals surface area contributed by atoms with E-state index in [1.54, 1.807) is 24.7 Å². The maximum absolute atomic E-state index is 12.5. The lowest BCUT2D eigenvalue weighted by atomic mass is 10.0. The van der Waals surface area contributed by atoms with Gasteiger partial charge in [-0.3, -0.25) is 14.7 Å². The summed E-state index contributed by atoms with van der Waals surface area (Å²) in [5, 5.41) is 6.04. The zero-order valence-electron chi connectivity index (χ0n) is 18.2. The van der Waals surface area contributed by atoms with Gasteiger partial charge in [0, 0.05) is 55.9 Å². The van der Waals surface area contributed by atoms with E-state index in [0.29, 0.717) is 6.54 Å². The molecule has 7 nitrogen and oxygen atoms in total. The van der Waals surface area contributed by atoms with E-state index in [-0.39, 0.29) is 5.91 Å². The van der Waals surface area contributed by atoms with E-state index >= 15 is 0 Å². The standard InChI is InChI=1S/C24H31N5O2/c1-18-13-22(5-3-20(18)17-29-9-11-31-12-10-29)28-24(30)6-4-19-16-27-8-7-23(19)21(14-25)15-26-2/h3-8,13-14,16,26H,9-12,15,17,25H2,1-2H3,(H,28,30)/b6-4+,21-14+. The number of hydrogen-bond acceptors (Lipinski definition) is 6. The summed E-state index contributed by atoms with van der Waals surface area (Å²) >= 11 is 0. The molecular formula is C24H31N5O2. The molecule has 1 aromatic carbocycles. The van der Waals surface area contributed by atoms with Crippen molar-refractivity contribution in [3.63, 3.8) is 0 Å². The van der Waals surface area contributed by atoms with E-state index in [4.69, 9.17) is 10.5 Å². The average molecular weight is 422 g/mol. The fraction of sp³-hybridized carbons (Fsp3) is 0.333. The number of likely N-dealkylation sites (N-methyl/N-ethyl adjacent to an activating group) is 1. The van der Waals surface area contributed by atoms with Crippen LogP contribution in [0.2, 0.25) is 0 Å². The van der Waals surface area contributed by atoms with Gasteiger partial charge in [-0.15, -0.1) is 0 Å². The van der Waals surface area contributed by atoms with Crippen molar-refractivity contribution in [3.05, 3.63) is 71.2 Å². The molecule has 2 aromatic rings.